The van der Waals surface area contributed by atoms with Crippen molar-refractivity contribution >= 4 is 43.5 Å². The molecule has 0 radical (unpaired) electrons. The summed E-state index contributed by atoms with van der Waals surface area (Å²) < 4.78 is 7.17. The van der Waals surface area contributed by atoms with Crippen LogP contribution in [0.15, 0.2) is 21.1 Å². The molecule has 106 valence electrons. The fourth-order valence-electron chi connectivity index (χ4n) is 1.50. The molecule has 0 aliphatic carbocycles. The Labute approximate surface area is 131 Å². The van der Waals surface area contributed by atoms with Gasteiger partial charge in [-0.25, -0.2) is 4.79 Å². The van der Waals surface area contributed by atoms with E-state index in [9.17, 15) is 4.79 Å². The molecule has 1 unspecified atom stereocenters. The predicted molar refractivity (Wildman–Crippen MR) is 85.5 cm³/mol. The molecule has 3 nitrogen and oxygen atoms in total. The van der Waals surface area contributed by atoms with Crippen molar-refractivity contribution in [3.05, 3.63) is 26.6 Å². The number of hydrogen-bond donors (Lipinski definition) is 1. The number of esters is 1. The molecule has 0 bridgehead atoms. The van der Waals surface area contributed by atoms with Gasteiger partial charge in [0.2, 0.25) is 0 Å². The second-order valence-electron chi connectivity index (χ2n) is 5.50. The Balaban J connectivity index is 2.83. The molecular formula is C14H19Br2NO2. The van der Waals surface area contributed by atoms with Crippen molar-refractivity contribution in [1.29, 1.82) is 0 Å². The SMILES string of the molecule is Cc1cc(Br)c(NC(C)C(=O)OC(C)(C)C)c(Br)c1. The van der Waals surface area contributed by atoms with Crippen molar-refractivity contribution in [3.8, 4) is 0 Å². The summed E-state index contributed by atoms with van der Waals surface area (Å²) in [6.45, 7) is 9.36. The molecule has 1 rings (SSSR count). The molecule has 1 N–H and O–H groups in total. The van der Waals surface area contributed by atoms with E-state index in [1.54, 1.807) is 6.92 Å². The molecule has 1 aromatic rings. The minimum absolute atomic E-state index is 0.271. The van der Waals surface area contributed by atoms with E-state index in [4.69, 9.17) is 4.74 Å². The lowest BCUT2D eigenvalue weighted by Crippen LogP contribution is -2.34. The summed E-state index contributed by atoms with van der Waals surface area (Å²) in [5.41, 5.74) is 1.51. The van der Waals surface area contributed by atoms with Crippen LogP contribution in [0.2, 0.25) is 0 Å². The highest BCUT2D eigenvalue weighted by atomic mass is 79.9. The fraction of sp³-hybridized carbons (Fsp3) is 0.500. The zero-order chi connectivity index (χ0) is 14.8. The number of anilines is 1. The second-order valence-corrected chi connectivity index (χ2v) is 7.21. The summed E-state index contributed by atoms with van der Waals surface area (Å²) in [5, 5.41) is 3.16. The molecule has 0 saturated heterocycles. The third-order valence-electron chi connectivity index (χ3n) is 2.31. The summed E-state index contributed by atoms with van der Waals surface area (Å²) in [4.78, 5) is 11.9. The molecule has 1 aromatic carbocycles. The van der Waals surface area contributed by atoms with E-state index >= 15 is 0 Å². The van der Waals surface area contributed by atoms with Crippen LogP contribution in [0.3, 0.4) is 0 Å². The summed E-state index contributed by atoms with van der Waals surface area (Å²) in [6.07, 6.45) is 0. The molecule has 5 heteroatoms. The lowest BCUT2D eigenvalue weighted by atomic mass is 10.2. The van der Waals surface area contributed by atoms with E-state index in [1.165, 1.54) is 0 Å². The van der Waals surface area contributed by atoms with Crippen LogP contribution in [0.5, 0.6) is 0 Å². The van der Waals surface area contributed by atoms with Gasteiger partial charge < -0.3 is 10.1 Å². The number of hydrogen-bond acceptors (Lipinski definition) is 3. The Morgan fingerprint density at radius 3 is 2.16 bits per heavy atom. The van der Waals surface area contributed by atoms with E-state index < -0.39 is 11.6 Å². The highest BCUT2D eigenvalue weighted by molar-refractivity contribution is 9.11. The zero-order valence-electron chi connectivity index (χ0n) is 11.8. The predicted octanol–water partition coefficient (Wildman–Crippen LogP) is 4.66. The Hall–Kier alpha value is -0.550. The maximum absolute atomic E-state index is 11.9. The molecular weight excluding hydrogens is 374 g/mol. The first kappa shape index (κ1) is 16.5. The number of carbonyl (C=O) groups is 1. The van der Waals surface area contributed by atoms with Crippen LogP contribution in [0, 0.1) is 6.92 Å². The van der Waals surface area contributed by atoms with Crippen LogP contribution in [-0.4, -0.2) is 17.6 Å². The van der Waals surface area contributed by atoms with E-state index in [0.717, 1.165) is 20.2 Å². The number of rotatable bonds is 3. The number of nitrogens with one attached hydrogen (secondary N) is 1. The number of ether oxygens (including phenoxy) is 1. The van der Waals surface area contributed by atoms with Gasteiger partial charge in [0.1, 0.15) is 11.6 Å². The highest BCUT2D eigenvalue weighted by Gasteiger charge is 2.22. The lowest BCUT2D eigenvalue weighted by molar-refractivity contribution is -0.155. The van der Waals surface area contributed by atoms with Gasteiger partial charge in [-0.15, -0.1) is 0 Å². The van der Waals surface area contributed by atoms with Gasteiger partial charge in [0.05, 0.1) is 5.69 Å². The third kappa shape index (κ3) is 5.15. The van der Waals surface area contributed by atoms with Crippen LogP contribution >= 0.6 is 31.9 Å². The topological polar surface area (TPSA) is 38.3 Å². The molecule has 0 saturated carbocycles. The van der Waals surface area contributed by atoms with Crippen molar-refractivity contribution in [2.75, 3.05) is 5.32 Å². The van der Waals surface area contributed by atoms with Gasteiger partial charge in [0.15, 0.2) is 0 Å². The van der Waals surface area contributed by atoms with Gasteiger partial charge in [0, 0.05) is 8.95 Å². The number of benzene rings is 1. The number of aryl methyl sites for hydroxylation is 1. The average Bonchev–Trinajstić information content (AvgIpc) is 2.20. The van der Waals surface area contributed by atoms with Crippen molar-refractivity contribution in [1.82, 2.24) is 0 Å². The van der Waals surface area contributed by atoms with Gasteiger partial charge in [-0.1, -0.05) is 0 Å². The van der Waals surface area contributed by atoms with Gasteiger partial charge in [-0.05, 0) is 84.2 Å². The second kappa shape index (κ2) is 6.27. The molecule has 0 aliphatic heterocycles. The molecule has 0 aliphatic rings. The smallest absolute Gasteiger partial charge is 0.328 e. The third-order valence-corrected chi connectivity index (χ3v) is 3.56. The molecule has 1 atom stereocenters. The van der Waals surface area contributed by atoms with Gasteiger partial charge in [0.25, 0.3) is 0 Å². The summed E-state index contributed by atoms with van der Waals surface area (Å²) in [5.74, 6) is -0.271. The van der Waals surface area contributed by atoms with Crippen molar-refractivity contribution in [2.24, 2.45) is 0 Å². The molecule has 0 heterocycles. The maximum atomic E-state index is 11.9. The highest BCUT2D eigenvalue weighted by Crippen LogP contribution is 2.32. The quantitative estimate of drug-likeness (QED) is 0.760. The van der Waals surface area contributed by atoms with Crippen LogP contribution in [-0.2, 0) is 9.53 Å². The summed E-state index contributed by atoms with van der Waals surface area (Å²) in [7, 11) is 0. The monoisotopic (exact) mass is 391 g/mol. The molecule has 0 aromatic heterocycles. The summed E-state index contributed by atoms with van der Waals surface area (Å²) >= 11 is 6.98. The largest absolute Gasteiger partial charge is 0.458 e. The molecule has 19 heavy (non-hydrogen) atoms. The van der Waals surface area contributed by atoms with Crippen molar-refractivity contribution in [2.45, 2.75) is 46.3 Å². The van der Waals surface area contributed by atoms with Gasteiger partial charge in [-0.3, -0.25) is 0 Å². The van der Waals surface area contributed by atoms with Crippen LogP contribution in [0.4, 0.5) is 5.69 Å². The van der Waals surface area contributed by atoms with Crippen LogP contribution < -0.4 is 5.32 Å². The van der Waals surface area contributed by atoms with Gasteiger partial charge >= 0.3 is 5.97 Å². The van der Waals surface area contributed by atoms with Crippen molar-refractivity contribution in [3.63, 3.8) is 0 Å². The minimum Gasteiger partial charge on any atom is -0.458 e. The average molecular weight is 393 g/mol. The van der Waals surface area contributed by atoms with Crippen LogP contribution in [0.1, 0.15) is 33.3 Å². The first-order valence-corrected chi connectivity index (χ1v) is 7.64. The van der Waals surface area contributed by atoms with E-state index in [0.29, 0.717) is 0 Å². The Kier molecular flexibility index (Phi) is 5.44. The van der Waals surface area contributed by atoms with E-state index in [-0.39, 0.29) is 5.97 Å². The first-order chi connectivity index (χ1) is 8.60. The van der Waals surface area contributed by atoms with Crippen molar-refractivity contribution < 1.29 is 9.53 Å². The Bertz CT molecular complexity index is 458. The normalized spacial score (nSPS) is 13.0. The van der Waals surface area contributed by atoms with E-state index in [1.807, 2.05) is 39.8 Å². The molecule has 0 fully saturated rings. The van der Waals surface area contributed by atoms with Crippen LogP contribution in [0.25, 0.3) is 0 Å². The number of halogens is 2. The summed E-state index contributed by atoms with van der Waals surface area (Å²) in [6, 6.07) is 3.57. The standard InChI is InChI=1S/C14H19Br2NO2/c1-8-6-10(15)12(11(16)7-8)17-9(2)13(18)19-14(3,4)5/h6-7,9,17H,1-5H3. The lowest BCUT2D eigenvalue weighted by Gasteiger charge is -2.24. The Morgan fingerprint density at radius 1 is 1.26 bits per heavy atom. The number of carbonyl (C=O) groups excluding carboxylic acids is 1. The molecule has 0 spiro atoms. The molecule has 0 amide bonds. The fourth-order valence-corrected chi connectivity index (χ4v) is 3.15. The maximum Gasteiger partial charge on any atom is 0.328 e. The van der Waals surface area contributed by atoms with E-state index in [2.05, 4.69) is 37.2 Å². The van der Waals surface area contributed by atoms with Gasteiger partial charge in [-0.2, -0.15) is 0 Å². The Morgan fingerprint density at radius 2 is 1.74 bits per heavy atom. The first-order valence-electron chi connectivity index (χ1n) is 6.05. The zero-order valence-corrected chi connectivity index (χ0v) is 15.0. The minimum atomic E-state index is -0.477.